The summed E-state index contributed by atoms with van der Waals surface area (Å²) in [6.45, 7) is 3.62. The number of hydrogen-bond acceptors (Lipinski definition) is 3. The van der Waals surface area contributed by atoms with Crippen molar-refractivity contribution in [2.45, 2.75) is 13.8 Å². The van der Waals surface area contributed by atoms with Crippen LogP contribution in [0.2, 0.25) is 0 Å². The summed E-state index contributed by atoms with van der Waals surface area (Å²) in [5.74, 6) is 0.653. The molecule has 58 valence electrons. The molecule has 0 atom stereocenters. The van der Waals surface area contributed by atoms with Crippen molar-refractivity contribution in [2.75, 3.05) is 0 Å². The molecular weight excluding hydrogens is 197 g/mol. The molecule has 12 heavy (non-hydrogen) atoms. The first-order chi connectivity index (χ1) is 4.42. The third kappa shape index (κ3) is 17.6. The van der Waals surface area contributed by atoms with Gasteiger partial charge < -0.3 is 14.4 Å². The van der Waals surface area contributed by atoms with Crippen LogP contribution in [-0.2, 0) is 4.57 Å². The molecule has 0 bridgehead atoms. The van der Waals surface area contributed by atoms with Crippen molar-refractivity contribution in [3.05, 3.63) is 23.5 Å². The molecular formula is C6H9Na2O3P. The summed E-state index contributed by atoms with van der Waals surface area (Å²) in [5, 5.41) is 0. The Morgan fingerprint density at radius 3 is 1.92 bits per heavy atom. The van der Waals surface area contributed by atoms with Gasteiger partial charge in [0.1, 0.15) is 0 Å². The molecule has 0 aliphatic rings. The van der Waals surface area contributed by atoms with Gasteiger partial charge in [0.2, 0.25) is 0 Å². The SMILES string of the molecule is CC(C)=C/C=C/P(=O)([O-])[O-].[Na+].[Na+]. The maximum atomic E-state index is 9.97. The maximum Gasteiger partial charge on any atom is 1.00 e. The minimum atomic E-state index is -4.45. The number of rotatable bonds is 2. The van der Waals surface area contributed by atoms with Crippen molar-refractivity contribution in [3.8, 4) is 0 Å². The van der Waals surface area contributed by atoms with Crippen LogP contribution in [-0.4, -0.2) is 0 Å². The molecule has 0 N–H and O–H groups in total. The van der Waals surface area contributed by atoms with Crippen LogP contribution >= 0.6 is 7.60 Å². The van der Waals surface area contributed by atoms with E-state index in [1.807, 2.05) is 13.8 Å². The summed E-state index contributed by atoms with van der Waals surface area (Å²) in [6, 6.07) is 0. The molecule has 0 unspecified atom stereocenters. The van der Waals surface area contributed by atoms with Crippen molar-refractivity contribution in [3.63, 3.8) is 0 Å². The van der Waals surface area contributed by atoms with Crippen LogP contribution in [0.3, 0.4) is 0 Å². The quantitative estimate of drug-likeness (QED) is 0.257. The molecule has 0 amide bonds. The van der Waals surface area contributed by atoms with E-state index in [0.717, 1.165) is 5.57 Å². The van der Waals surface area contributed by atoms with E-state index >= 15 is 0 Å². The average molecular weight is 206 g/mol. The van der Waals surface area contributed by atoms with Gasteiger partial charge in [0, 0.05) is 0 Å². The molecule has 0 aromatic rings. The summed E-state index contributed by atoms with van der Waals surface area (Å²) in [5.41, 5.74) is 0.949. The predicted octanol–water partition coefficient (Wildman–Crippen LogP) is -5.61. The van der Waals surface area contributed by atoms with E-state index in [4.69, 9.17) is 0 Å². The average Bonchev–Trinajstić information content (AvgIpc) is 1.59. The molecule has 0 rings (SSSR count). The monoisotopic (exact) mass is 206 g/mol. The number of allylic oxidation sites excluding steroid dienone is 3. The van der Waals surface area contributed by atoms with Gasteiger partial charge in [0.05, 0.1) is 0 Å². The standard InChI is InChI=1S/C6H11O3P.2Na/c1-6(2)4-3-5-10(7,8)9;;/h3-5H,1-2H3,(H2,7,8,9);;/q;2*+1/p-2/b5-3+;;. The van der Waals surface area contributed by atoms with Crippen molar-refractivity contribution in [1.29, 1.82) is 0 Å². The van der Waals surface area contributed by atoms with Gasteiger partial charge in [0.15, 0.2) is 0 Å². The topological polar surface area (TPSA) is 63.2 Å². The Labute approximate surface area is 117 Å². The van der Waals surface area contributed by atoms with Gasteiger partial charge in [-0.25, -0.2) is 0 Å². The molecule has 0 aromatic carbocycles. The summed E-state index contributed by atoms with van der Waals surface area (Å²) < 4.78 is 9.97. The Morgan fingerprint density at radius 2 is 1.67 bits per heavy atom. The van der Waals surface area contributed by atoms with Gasteiger partial charge in [-0.3, -0.25) is 0 Å². The minimum Gasteiger partial charge on any atom is -0.808 e. The van der Waals surface area contributed by atoms with E-state index in [9.17, 15) is 14.4 Å². The van der Waals surface area contributed by atoms with Gasteiger partial charge in [-0.15, -0.1) is 0 Å². The van der Waals surface area contributed by atoms with E-state index in [-0.39, 0.29) is 59.1 Å². The van der Waals surface area contributed by atoms with Crippen molar-refractivity contribution in [2.24, 2.45) is 0 Å². The van der Waals surface area contributed by atoms with E-state index in [1.165, 1.54) is 6.08 Å². The first-order valence-electron chi connectivity index (χ1n) is 2.76. The van der Waals surface area contributed by atoms with Crippen LogP contribution in [0, 0.1) is 0 Å². The Morgan fingerprint density at radius 1 is 1.25 bits per heavy atom. The van der Waals surface area contributed by atoms with Crippen molar-refractivity contribution < 1.29 is 73.5 Å². The molecule has 3 nitrogen and oxygen atoms in total. The second-order valence-electron chi connectivity index (χ2n) is 2.13. The third-order valence-corrected chi connectivity index (χ3v) is 1.24. The van der Waals surface area contributed by atoms with Crippen LogP contribution < -0.4 is 68.9 Å². The van der Waals surface area contributed by atoms with Crippen LogP contribution in [0.4, 0.5) is 0 Å². The zero-order valence-corrected chi connectivity index (χ0v) is 12.8. The fourth-order valence-electron chi connectivity index (χ4n) is 0.341. The van der Waals surface area contributed by atoms with Gasteiger partial charge >= 0.3 is 59.1 Å². The smallest absolute Gasteiger partial charge is 0.808 e. The Balaban J connectivity index is -0.000000405. The molecule has 0 heterocycles. The minimum absolute atomic E-state index is 0. The van der Waals surface area contributed by atoms with Crippen LogP contribution in [0.5, 0.6) is 0 Å². The fourth-order valence-corrected chi connectivity index (χ4v) is 0.638. The van der Waals surface area contributed by atoms with Crippen LogP contribution in [0.1, 0.15) is 13.8 Å². The van der Waals surface area contributed by atoms with Gasteiger partial charge in [-0.05, 0) is 21.4 Å². The second-order valence-corrected chi connectivity index (χ2v) is 3.50. The van der Waals surface area contributed by atoms with Crippen molar-refractivity contribution >= 4 is 7.60 Å². The predicted molar refractivity (Wildman–Crippen MR) is 36.2 cm³/mol. The Hall–Kier alpha value is 1.63. The molecule has 0 aromatic heterocycles. The molecule has 6 heteroatoms. The molecule has 0 aliphatic carbocycles. The normalized spacial score (nSPS) is 10.0. The Bertz CT molecular complexity index is 203. The zero-order chi connectivity index (χ0) is 8.20. The van der Waals surface area contributed by atoms with E-state index < -0.39 is 7.60 Å². The largest absolute Gasteiger partial charge is 1.00 e. The van der Waals surface area contributed by atoms with Crippen LogP contribution in [0.25, 0.3) is 0 Å². The summed E-state index contributed by atoms with van der Waals surface area (Å²) in [4.78, 5) is 19.9. The second kappa shape index (κ2) is 9.20. The fraction of sp³-hybridized carbons (Fsp3) is 0.333. The Kier molecular flexibility index (Phi) is 14.7. The third-order valence-electron chi connectivity index (χ3n) is 0.698. The molecule has 0 fully saturated rings. The van der Waals surface area contributed by atoms with Gasteiger partial charge in [-0.1, -0.05) is 23.5 Å². The maximum absolute atomic E-state index is 9.97. The summed E-state index contributed by atoms with van der Waals surface area (Å²) in [6.07, 6.45) is 2.79. The van der Waals surface area contributed by atoms with E-state index in [1.54, 1.807) is 6.08 Å². The number of hydrogen-bond donors (Lipinski definition) is 0. The van der Waals surface area contributed by atoms with E-state index in [2.05, 4.69) is 0 Å². The molecule has 0 saturated carbocycles. The first-order valence-corrected chi connectivity index (χ1v) is 4.37. The summed E-state index contributed by atoms with van der Waals surface area (Å²) in [7, 11) is -4.45. The van der Waals surface area contributed by atoms with Gasteiger partial charge in [0.25, 0.3) is 0 Å². The zero-order valence-electron chi connectivity index (χ0n) is 7.90. The van der Waals surface area contributed by atoms with Gasteiger partial charge in [-0.2, -0.15) is 0 Å². The molecule has 0 spiro atoms. The summed E-state index contributed by atoms with van der Waals surface area (Å²) >= 11 is 0. The first kappa shape index (κ1) is 19.2. The molecule has 0 saturated heterocycles. The molecule has 0 aliphatic heterocycles. The molecule has 0 radical (unpaired) electrons. The van der Waals surface area contributed by atoms with Crippen molar-refractivity contribution in [1.82, 2.24) is 0 Å². The van der Waals surface area contributed by atoms with Crippen LogP contribution in [0.15, 0.2) is 23.5 Å². The van der Waals surface area contributed by atoms with E-state index in [0.29, 0.717) is 5.82 Å².